The van der Waals surface area contributed by atoms with E-state index in [2.05, 4.69) is 53.5 Å². The van der Waals surface area contributed by atoms with Crippen LogP contribution < -0.4 is 10.1 Å². The number of nitrogens with zero attached hydrogens (tertiary/aromatic N) is 1. The summed E-state index contributed by atoms with van der Waals surface area (Å²) in [5.74, 6) is -5.07. The molecule has 9 nitrogen and oxygen atoms in total. The minimum atomic E-state index is -5.08. The lowest BCUT2D eigenvalue weighted by Crippen LogP contribution is -2.65. The normalized spacial score (nSPS) is 20.4. The summed E-state index contributed by atoms with van der Waals surface area (Å²) in [7, 11) is 1.61. The first-order chi connectivity index (χ1) is 21.9. The summed E-state index contributed by atoms with van der Waals surface area (Å²) in [5, 5.41) is 27.4. The van der Waals surface area contributed by atoms with Gasteiger partial charge in [-0.2, -0.15) is 26.3 Å². The summed E-state index contributed by atoms with van der Waals surface area (Å²) >= 11 is 0. The van der Waals surface area contributed by atoms with Gasteiger partial charge in [0.05, 0.1) is 12.7 Å². The predicted octanol–water partition coefficient (Wildman–Crippen LogP) is 6.10. The number of benzene rings is 2. The number of ether oxygens (including phenoxy) is 1. The summed E-state index contributed by atoms with van der Waals surface area (Å²) in [5.41, 5.74) is 4.69. The Morgan fingerprint density at radius 1 is 0.957 bits per heavy atom. The Morgan fingerprint density at radius 2 is 1.51 bits per heavy atom. The van der Waals surface area contributed by atoms with Crippen LogP contribution in [0.15, 0.2) is 54.1 Å². The fourth-order valence-corrected chi connectivity index (χ4v) is 5.95. The zero-order valence-electron chi connectivity index (χ0n) is 25.6. The molecule has 15 heteroatoms. The number of carboxylic acid groups (broad SMARTS) is 3. The zero-order chi connectivity index (χ0) is 35.2. The van der Waals surface area contributed by atoms with Crippen LogP contribution in [0, 0.1) is 11.3 Å². The SMILES string of the molecule is CC/C(=C\c1ccccc1)[C@@H]1C[C@H]1NC1CC2(C1)CN(Cc1ccc(C(=O)O)cc1OC)C2.O=C(O)C(F)(F)F.O=C(O)C(F)(F)F. The molecule has 3 aliphatic rings. The number of aromatic carboxylic acids is 1. The molecular weight excluding hydrogens is 638 g/mol. The minimum Gasteiger partial charge on any atom is -0.496 e. The molecule has 5 rings (SSSR count). The van der Waals surface area contributed by atoms with Gasteiger partial charge in [0.25, 0.3) is 0 Å². The number of methoxy groups -OCH3 is 1. The van der Waals surface area contributed by atoms with Crippen LogP contribution in [0.5, 0.6) is 5.75 Å². The maximum absolute atomic E-state index is 11.2. The van der Waals surface area contributed by atoms with E-state index in [-0.39, 0.29) is 5.56 Å². The van der Waals surface area contributed by atoms with Crippen LogP contribution in [0.25, 0.3) is 6.08 Å². The maximum Gasteiger partial charge on any atom is 0.490 e. The molecule has 1 heterocycles. The molecule has 258 valence electrons. The molecule has 3 fully saturated rings. The molecule has 1 saturated heterocycles. The largest absolute Gasteiger partial charge is 0.496 e. The molecule has 2 aromatic carbocycles. The Balaban J connectivity index is 0.000000360. The molecule has 4 N–H and O–H groups in total. The van der Waals surface area contributed by atoms with Crippen LogP contribution >= 0.6 is 0 Å². The van der Waals surface area contributed by atoms with E-state index in [0.29, 0.717) is 29.2 Å². The first-order valence-electron chi connectivity index (χ1n) is 14.6. The topological polar surface area (TPSA) is 136 Å². The molecule has 2 saturated carbocycles. The van der Waals surface area contributed by atoms with Gasteiger partial charge in [-0.3, -0.25) is 4.90 Å². The van der Waals surface area contributed by atoms with Crippen LogP contribution in [0.4, 0.5) is 26.3 Å². The highest BCUT2D eigenvalue weighted by atomic mass is 19.4. The average Bonchev–Trinajstić information content (AvgIpc) is 3.72. The van der Waals surface area contributed by atoms with Crippen molar-refractivity contribution in [2.45, 2.75) is 63.6 Å². The number of rotatable bonds is 9. The monoisotopic (exact) mass is 674 g/mol. The van der Waals surface area contributed by atoms with E-state index in [1.165, 1.54) is 24.8 Å². The van der Waals surface area contributed by atoms with Crippen LogP contribution in [-0.4, -0.2) is 82.8 Å². The molecular formula is C32H36F6N2O7. The van der Waals surface area contributed by atoms with Gasteiger partial charge in [0, 0.05) is 37.3 Å². The molecule has 0 radical (unpaired) electrons. The lowest BCUT2D eigenvalue weighted by Gasteiger charge is -2.59. The predicted molar refractivity (Wildman–Crippen MR) is 158 cm³/mol. The fraction of sp³-hybridized carbons (Fsp3) is 0.469. The van der Waals surface area contributed by atoms with Gasteiger partial charge in [0.1, 0.15) is 5.75 Å². The van der Waals surface area contributed by atoms with Crippen molar-refractivity contribution in [3.8, 4) is 5.75 Å². The van der Waals surface area contributed by atoms with Crippen LogP contribution in [0.3, 0.4) is 0 Å². The van der Waals surface area contributed by atoms with E-state index in [1.54, 1.807) is 24.8 Å². The number of hydrogen-bond acceptors (Lipinski definition) is 6. The van der Waals surface area contributed by atoms with Crippen molar-refractivity contribution in [2.24, 2.45) is 11.3 Å². The molecule has 1 spiro atoms. The average molecular weight is 675 g/mol. The lowest BCUT2D eigenvalue weighted by atomic mass is 9.60. The highest BCUT2D eigenvalue weighted by molar-refractivity contribution is 5.88. The number of alkyl halides is 6. The molecule has 1 aliphatic heterocycles. The van der Waals surface area contributed by atoms with E-state index >= 15 is 0 Å². The zero-order valence-corrected chi connectivity index (χ0v) is 25.6. The summed E-state index contributed by atoms with van der Waals surface area (Å²) in [6.07, 6.45) is -2.85. The lowest BCUT2D eigenvalue weighted by molar-refractivity contribution is -0.193. The summed E-state index contributed by atoms with van der Waals surface area (Å²) in [6.45, 7) is 5.34. The van der Waals surface area contributed by atoms with Gasteiger partial charge in [-0.15, -0.1) is 0 Å². The van der Waals surface area contributed by atoms with Crippen molar-refractivity contribution >= 4 is 24.0 Å². The third kappa shape index (κ3) is 10.7. The van der Waals surface area contributed by atoms with Crippen LogP contribution in [0.2, 0.25) is 0 Å². The van der Waals surface area contributed by atoms with Crippen LogP contribution in [0.1, 0.15) is 54.1 Å². The van der Waals surface area contributed by atoms with E-state index in [0.717, 1.165) is 31.6 Å². The van der Waals surface area contributed by atoms with Crippen molar-refractivity contribution in [2.75, 3.05) is 20.2 Å². The van der Waals surface area contributed by atoms with Crippen molar-refractivity contribution in [3.05, 3.63) is 70.8 Å². The fourth-order valence-electron chi connectivity index (χ4n) is 5.95. The van der Waals surface area contributed by atoms with Gasteiger partial charge in [-0.1, -0.05) is 55.0 Å². The molecule has 2 atom stereocenters. The molecule has 0 amide bonds. The molecule has 0 unspecified atom stereocenters. The quantitative estimate of drug-likeness (QED) is 0.233. The highest BCUT2D eigenvalue weighted by Crippen LogP contribution is 2.51. The second-order valence-electron chi connectivity index (χ2n) is 11.8. The van der Waals surface area contributed by atoms with Gasteiger partial charge in [-0.25, -0.2) is 14.4 Å². The van der Waals surface area contributed by atoms with E-state index in [9.17, 15) is 36.2 Å². The summed E-state index contributed by atoms with van der Waals surface area (Å²) in [6, 6.07) is 17.2. The molecule has 2 aliphatic carbocycles. The van der Waals surface area contributed by atoms with Crippen LogP contribution in [-0.2, 0) is 16.1 Å². The number of halogens is 6. The van der Waals surface area contributed by atoms with E-state index in [1.807, 2.05) is 6.07 Å². The second-order valence-corrected chi connectivity index (χ2v) is 11.8. The second kappa shape index (κ2) is 15.2. The molecule has 47 heavy (non-hydrogen) atoms. The Morgan fingerprint density at radius 3 is 1.98 bits per heavy atom. The van der Waals surface area contributed by atoms with Gasteiger partial charge in [0.2, 0.25) is 0 Å². The van der Waals surface area contributed by atoms with Gasteiger partial charge in [-0.05, 0) is 54.7 Å². The summed E-state index contributed by atoms with van der Waals surface area (Å²) in [4.78, 5) is 31.4. The number of carbonyl (C=O) groups is 3. The maximum atomic E-state index is 11.2. The Bertz CT molecular complexity index is 1410. The molecule has 0 bridgehead atoms. The number of nitrogens with one attached hydrogen (secondary N) is 1. The van der Waals surface area contributed by atoms with Gasteiger partial charge in [0.15, 0.2) is 0 Å². The standard InChI is InChI=1S/C28H34N2O3.2C2HF3O2/c1-3-20(11-19-7-5-4-6-8-19)24-13-25(24)29-23-14-28(15-23)17-30(18-28)16-22-10-9-21(27(31)32)12-26(22)33-2;2*3-2(4,5)1(6)7/h4-12,23-25,29H,3,13-18H2,1-2H3,(H,31,32);2*(H,6,7)/b20-11+;;/t24-,25+;;/m0../s1. The minimum absolute atomic E-state index is 0.270. The Kier molecular flexibility index (Phi) is 12.1. The third-order valence-corrected chi connectivity index (χ3v) is 8.17. The van der Waals surface area contributed by atoms with Gasteiger partial charge < -0.3 is 25.4 Å². The van der Waals surface area contributed by atoms with Crippen molar-refractivity contribution in [1.29, 1.82) is 0 Å². The number of likely N-dealkylation sites (tertiary alicyclic amines) is 1. The number of aliphatic carboxylic acids is 2. The van der Waals surface area contributed by atoms with E-state index in [4.69, 9.17) is 24.5 Å². The molecule has 2 aromatic rings. The van der Waals surface area contributed by atoms with Crippen molar-refractivity contribution in [3.63, 3.8) is 0 Å². The highest BCUT2D eigenvalue weighted by Gasteiger charge is 2.54. The number of carboxylic acids is 3. The first-order valence-corrected chi connectivity index (χ1v) is 14.6. The summed E-state index contributed by atoms with van der Waals surface area (Å²) < 4.78 is 68.9. The third-order valence-electron chi connectivity index (χ3n) is 8.17. The van der Waals surface area contributed by atoms with E-state index < -0.39 is 30.3 Å². The number of hydrogen-bond donors (Lipinski definition) is 4. The first kappa shape index (κ1) is 37.3. The Hall–Kier alpha value is -4.11. The Labute approximate surface area is 266 Å². The van der Waals surface area contributed by atoms with Crippen molar-refractivity contribution < 1.29 is 60.8 Å². The molecule has 0 aromatic heterocycles. The van der Waals surface area contributed by atoms with Gasteiger partial charge >= 0.3 is 30.3 Å². The smallest absolute Gasteiger partial charge is 0.490 e. The van der Waals surface area contributed by atoms with Crippen molar-refractivity contribution in [1.82, 2.24) is 10.2 Å².